The summed E-state index contributed by atoms with van der Waals surface area (Å²) in [6.45, 7) is 1.96. The van der Waals surface area contributed by atoms with Gasteiger partial charge in [0.15, 0.2) is 6.29 Å². The Labute approximate surface area is 104 Å². The Kier molecular flexibility index (Phi) is 3.16. The molecule has 0 aliphatic rings. The number of phenolic OH excluding ortho intramolecular Hbond substituents is 1. The summed E-state index contributed by atoms with van der Waals surface area (Å²) >= 11 is 6.14. The van der Waals surface area contributed by atoms with Crippen molar-refractivity contribution in [3.05, 3.63) is 52.5 Å². The number of carbonyl (C=O) groups excluding carboxylic acids is 1. The molecule has 17 heavy (non-hydrogen) atoms. The molecule has 3 heteroatoms. The number of hydrogen-bond donors (Lipinski definition) is 1. The molecule has 0 bridgehead atoms. The minimum absolute atomic E-state index is 0.0332. The van der Waals surface area contributed by atoms with E-state index in [0.29, 0.717) is 11.3 Å². The molecule has 0 heterocycles. The molecule has 2 nitrogen and oxygen atoms in total. The molecule has 0 spiro atoms. The van der Waals surface area contributed by atoms with E-state index < -0.39 is 0 Å². The molecule has 0 aromatic heterocycles. The van der Waals surface area contributed by atoms with Crippen molar-refractivity contribution in [1.82, 2.24) is 0 Å². The van der Waals surface area contributed by atoms with Crippen LogP contribution in [0.4, 0.5) is 0 Å². The van der Waals surface area contributed by atoms with Crippen molar-refractivity contribution in [3.63, 3.8) is 0 Å². The van der Waals surface area contributed by atoms with Gasteiger partial charge in [0.05, 0.1) is 5.56 Å². The standard InChI is InChI=1S/C14H11ClO2/c1-9-2-5-12(13(15)6-9)10-3-4-11(8-16)14(17)7-10/h2-8,17H,1H3. The van der Waals surface area contributed by atoms with E-state index in [1.54, 1.807) is 18.2 Å². The fourth-order valence-corrected chi connectivity index (χ4v) is 2.01. The van der Waals surface area contributed by atoms with E-state index in [2.05, 4.69) is 0 Å². The lowest BCUT2D eigenvalue weighted by molar-refractivity contribution is 0.112. The van der Waals surface area contributed by atoms with Gasteiger partial charge in [-0.2, -0.15) is 0 Å². The smallest absolute Gasteiger partial charge is 0.153 e. The van der Waals surface area contributed by atoms with Crippen LogP contribution in [0.5, 0.6) is 5.75 Å². The number of phenols is 1. The van der Waals surface area contributed by atoms with Crippen molar-refractivity contribution >= 4 is 17.9 Å². The average Bonchev–Trinajstić information content (AvgIpc) is 2.29. The molecule has 0 saturated heterocycles. The summed E-state index contributed by atoms with van der Waals surface area (Å²) in [4.78, 5) is 10.6. The maximum absolute atomic E-state index is 10.6. The Hall–Kier alpha value is -1.80. The molecule has 2 aromatic carbocycles. The maximum Gasteiger partial charge on any atom is 0.153 e. The van der Waals surface area contributed by atoms with Gasteiger partial charge < -0.3 is 5.11 Å². The molecule has 0 amide bonds. The van der Waals surface area contributed by atoms with Gasteiger partial charge in [0.1, 0.15) is 5.75 Å². The van der Waals surface area contributed by atoms with Crippen molar-refractivity contribution in [2.75, 3.05) is 0 Å². The van der Waals surface area contributed by atoms with Gasteiger partial charge in [-0.15, -0.1) is 0 Å². The van der Waals surface area contributed by atoms with Crippen LogP contribution >= 0.6 is 11.6 Å². The van der Waals surface area contributed by atoms with E-state index in [4.69, 9.17) is 11.6 Å². The number of aryl methyl sites for hydroxylation is 1. The average molecular weight is 247 g/mol. The first-order chi connectivity index (χ1) is 8.11. The predicted molar refractivity (Wildman–Crippen MR) is 68.7 cm³/mol. The third-order valence-electron chi connectivity index (χ3n) is 2.59. The summed E-state index contributed by atoms with van der Waals surface area (Å²) in [5, 5.41) is 10.3. The number of carbonyl (C=O) groups is 1. The Morgan fingerprint density at radius 3 is 2.53 bits per heavy atom. The van der Waals surface area contributed by atoms with Gasteiger partial charge in [0.25, 0.3) is 0 Å². The topological polar surface area (TPSA) is 37.3 Å². The highest BCUT2D eigenvalue weighted by molar-refractivity contribution is 6.33. The highest BCUT2D eigenvalue weighted by atomic mass is 35.5. The Morgan fingerprint density at radius 2 is 1.94 bits per heavy atom. The second-order valence-electron chi connectivity index (χ2n) is 3.87. The summed E-state index contributed by atoms with van der Waals surface area (Å²) in [5.74, 6) is -0.0332. The number of rotatable bonds is 2. The molecule has 0 aliphatic carbocycles. The van der Waals surface area contributed by atoms with E-state index in [1.807, 2.05) is 25.1 Å². The lowest BCUT2D eigenvalue weighted by Gasteiger charge is -2.07. The van der Waals surface area contributed by atoms with Crippen molar-refractivity contribution in [3.8, 4) is 16.9 Å². The zero-order valence-electron chi connectivity index (χ0n) is 9.27. The molecule has 0 atom stereocenters. The molecule has 0 fully saturated rings. The van der Waals surface area contributed by atoms with Crippen LogP contribution in [-0.2, 0) is 0 Å². The zero-order valence-corrected chi connectivity index (χ0v) is 10.0. The normalized spacial score (nSPS) is 10.2. The highest BCUT2D eigenvalue weighted by Gasteiger charge is 2.06. The molecular weight excluding hydrogens is 236 g/mol. The zero-order chi connectivity index (χ0) is 12.4. The summed E-state index contributed by atoms with van der Waals surface area (Å²) in [6.07, 6.45) is 0.621. The Morgan fingerprint density at radius 1 is 1.18 bits per heavy atom. The van der Waals surface area contributed by atoms with Crippen LogP contribution in [0, 0.1) is 6.92 Å². The SMILES string of the molecule is Cc1ccc(-c2ccc(C=O)c(O)c2)c(Cl)c1. The maximum atomic E-state index is 10.6. The Bertz CT molecular complexity index is 576. The monoisotopic (exact) mass is 246 g/mol. The number of hydrogen-bond acceptors (Lipinski definition) is 2. The van der Waals surface area contributed by atoms with Gasteiger partial charge in [-0.3, -0.25) is 4.79 Å². The van der Waals surface area contributed by atoms with Crippen LogP contribution in [0.25, 0.3) is 11.1 Å². The van der Waals surface area contributed by atoms with Crippen LogP contribution in [0.15, 0.2) is 36.4 Å². The fourth-order valence-electron chi connectivity index (χ4n) is 1.67. The van der Waals surface area contributed by atoms with E-state index >= 15 is 0 Å². The number of halogens is 1. The van der Waals surface area contributed by atoms with Crippen LogP contribution in [0.1, 0.15) is 15.9 Å². The number of aldehydes is 1. The minimum Gasteiger partial charge on any atom is -0.507 e. The lowest BCUT2D eigenvalue weighted by Crippen LogP contribution is -1.85. The fraction of sp³-hybridized carbons (Fsp3) is 0.0714. The second kappa shape index (κ2) is 4.60. The molecule has 2 aromatic rings. The number of benzene rings is 2. The first-order valence-electron chi connectivity index (χ1n) is 5.16. The third kappa shape index (κ3) is 2.32. The van der Waals surface area contributed by atoms with Crippen LogP contribution in [-0.4, -0.2) is 11.4 Å². The quantitative estimate of drug-likeness (QED) is 0.818. The van der Waals surface area contributed by atoms with Gasteiger partial charge >= 0.3 is 0 Å². The summed E-state index contributed by atoms with van der Waals surface area (Å²) < 4.78 is 0. The molecule has 2 rings (SSSR count). The summed E-state index contributed by atoms with van der Waals surface area (Å²) in [6, 6.07) is 10.6. The van der Waals surface area contributed by atoms with Gasteiger partial charge in [-0.1, -0.05) is 29.8 Å². The van der Waals surface area contributed by atoms with E-state index in [0.717, 1.165) is 16.7 Å². The largest absolute Gasteiger partial charge is 0.507 e. The van der Waals surface area contributed by atoms with E-state index in [9.17, 15) is 9.90 Å². The van der Waals surface area contributed by atoms with Crippen molar-refractivity contribution < 1.29 is 9.90 Å². The molecule has 0 aliphatic heterocycles. The van der Waals surface area contributed by atoms with Crippen LogP contribution in [0.2, 0.25) is 5.02 Å². The van der Waals surface area contributed by atoms with Crippen molar-refractivity contribution in [2.45, 2.75) is 6.92 Å². The van der Waals surface area contributed by atoms with Gasteiger partial charge in [-0.25, -0.2) is 0 Å². The highest BCUT2D eigenvalue weighted by Crippen LogP contribution is 2.31. The molecule has 0 radical (unpaired) electrons. The van der Waals surface area contributed by atoms with E-state index in [1.165, 1.54) is 0 Å². The summed E-state index contributed by atoms with van der Waals surface area (Å²) in [7, 11) is 0. The first kappa shape index (κ1) is 11.7. The summed E-state index contributed by atoms with van der Waals surface area (Å²) in [5.41, 5.74) is 2.98. The van der Waals surface area contributed by atoms with Crippen molar-refractivity contribution in [2.24, 2.45) is 0 Å². The van der Waals surface area contributed by atoms with E-state index in [-0.39, 0.29) is 11.3 Å². The van der Waals surface area contributed by atoms with Gasteiger partial charge in [0.2, 0.25) is 0 Å². The molecule has 0 saturated carbocycles. The molecule has 86 valence electrons. The minimum atomic E-state index is -0.0332. The van der Waals surface area contributed by atoms with Gasteiger partial charge in [-0.05, 0) is 36.2 Å². The van der Waals surface area contributed by atoms with Crippen molar-refractivity contribution in [1.29, 1.82) is 0 Å². The third-order valence-corrected chi connectivity index (χ3v) is 2.91. The lowest BCUT2D eigenvalue weighted by atomic mass is 10.0. The predicted octanol–water partition coefficient (Wildman–Crippen LogP) is 3.83. The molecular formula is C14H11ClO2. The van der Waals surface area contributed by atoms with Crippen LogP contribution < -0.4 is 0 Å². The second-order valence-corrected chi connectivity index (χ2v) is 4.28. The van der Waals surface area contributed by atoms with Crippen LogP contribution in [0.3, 0.4) is 0 Å². The first-order valence-corrected chi connectivity index (χ1v) is 5.54. The Balaban J connectivity index is 2.53. The number of aromatic hydroxyl groups is 1. The molecule has 1 N–H and O–H groups in total. The van der Waals surface area contributed by atoms with Gasteiger partial charge in [0, 0.05) is 10.6 Å². The molecule has 0 unspecified atom stereocenters.